The lowest BCUT2D eigenvalue weighted by molar-refractivity contribution is -0.112. The third kappa shape index (κ3) is 9.06. The van der Waals surface area contributed by atoms with Gasteiger partial charge in [0.2, 0.25) is 0 Å². The van der Waals surface area contributed by atoms with Crippen LogP contribution in [-0.2, 0) is 4.79 Å². The highest BCUT2D eigenvalue weighted by atomic mass is 16.1. The Balaban J connectivity index is 3.65. The minimum Gasteiger partial charge on any atom is -0.295 e. The number of rotatable bonds is 6. The fourth-order valence-corrected chi connectivity index (χ4v) is 1.15. The van der Waals surface area contributed by atoms with Crippen LogP contribution in [0.3, 0.4) is 0 Å². The predicted molar refractivity (Wildman–Crippen MR) is 57.7 cm³/mol. The summed E-state index contributed by atoms with van der Waals surface area (Å²) in [5.74, 6) is 0.121. The molecule has 0 radical (unpaired) electrons. The van der Waals surface area contributed by atoms with E-state index in [0.717, 1.165) is 12.0 Å². The van der Waals surface area contributed by atoms with Crippen LogP contribution in [0.15, 0.2) is 23.8 Å². The van der Waals surface area contributed by atoms with Gasteiger partial charge in [0.05, 0.1) is 0 Å². The summed E-state index contributed by atoms with van der Waals surface area (Å²) >= 11 is 0. The van der Waals surface area contributed by atoms with E-state index in [1.165, 1.54) is 19.3 Å². The molecule has 1 heteroatoms. The van der Waals surface area contributed by atoms with Gasteiger partial charge in [0.15, 0.2) is 5.78 Å². The maximum absolute atomic E-state index is 10.7. The third-order valence-electron chi connectivity index (χ3n) is 1.79. The maximum atomic E-state index is 10.7. The average Bonchev–Trinajstić information content (AvgIpc) is 2.02. The van der Waals surface area contributed by atoms with E-state index in [4.69, 9.17) is 0 Å². The molecule has 1 nitrogen and oxygen atoms in total. The van der Waals surface area contributed by atoms with Crippen molar-refractivity contribution in [3.05, 3.63) is 23.8 Å². The number of hydrogen-bond acceptors (Lipinski definition) is 1. The summed E-state index contributed by atoms with van der Waals surface area (Å²) in [5.41, 5.74) is 1.05. The molecule has 0 spiro atoms. The van der Waals surface area contributed by atoms with Gasteiger partial charge in [-0.25, -0.2) is 0 Å². The van der Waals surface area contributed by atoms with Crippen molar-refractivity contribution in [2.75, 3.05) is 0 Å². The van der Waals surface area contributed by atoms with Crippen molar-refractivity contribution >= 4 is 5.78 Å². The van der Waals surface area contributed by atoms with Gasteiger partial charge in [-0.15, -0.1) is 0 Å². The molecule has 74 valence electrons. The summed E-state index contributed by atoms with van der Waals surface area (Å²) < 4.78 is 0. The van der Waals surface area contributed by atoms with E-state index in [-0.39, 0.29) is 5.78 Å². The van der Waals surface area contributed by atoms with Crippen molar-refractivity contribution in [2.45, 2.75) is 46.5 Å². The van der Waals surface area contributed by atoms with Crippen LogP contribution in [-0.4, -0.2) is 5.78 Å². The molecule has 0 bridgehead atoms. The fourth-order valence-electron chi connectivity index (χ4n) is 1.15. The zero-order valence-electron chi connectivity index (χ0n) is 8.97. The molecule has 0 unspecified atom stereocenters. The van der Waals surface area contributed by atoms with Gasteiger partial charge in [-0.2, -0.15) is 0 Å². The van der Waals surface area contributed by atoms with E-state index in [1.54, 1.807) is 13.0 Å². The lowest BCUT2D eigenvalue weighted by atomic mass is 10.1. The van der Waals surface area contributed by atoms with Crippen molar-refractivity contribution in [1.29, 1.82) is 0 Å². The highest BCUT2D eigenvalue weighted by Gasteiger charge is 1.86. The number of hydrogen-bond donors (Lipinski definition) is 0. The second kappa shape index (κ2) is 7.78. The molecule has 13 heavy (non-hydrogen) atoms. The fraction of sp³-hybridized carbons (Fsp3) is 0.583. The lowest BCUT2D eigenvalue weighted by Crippen LogP contribution is -1.82. The van der Waals surface area contributed by atoms with Crippen molar-refractivity contribution in [3.8, 4) is 0 Å². The molecule has 0 saturated carbocycles. The molecule has 0 N–H and O–H groups in total. The SMILES string of the molecule is CCCCC/C=C/C(C)=C\C(C)=O. The summed E-state index contributed by atoms with van der Waals surface area (Å²) in [5, 5.41) is 0. The largest absolute Gasteiger partial charge is 0.295 e. The Bertz CT molecular complexity index is 199. The zero-order chi connectivity index (χ0) is 10.1. The smallest absolute Gasteiger partial charge is 0.152 e. The first-order valence-corrected chi connectivity index (χ1v) is 5.02. The van der Waals surface area contributed by atoms with Crippen LogP contribution < -0.4 is 0 Å². The quantitative estimate of drug-likeness (QED) is 0.346. The highest BCUT2D eigenvalue weighted by Crippen LogP contribution is 2.02. The monoisotopic (exact) mass is 180 g/mol. The molecule has 0 heterocycles. The van der Waals surface area contributed by atoms with E-state index in [2.05, 4.69) is 13.0 Å². The minimum atomic E-state index is 0.121. The van der Waals surface area contributed by atoms with Crippen LogP contribution in [0.5, 0.6) is 0 Å². The molecule has 0 aliphatic carbocycles. The van der Waals surface area contributed by atoms with Crippen LogP contribution in [0, 0.1) is 0 Å². The molecule has 0 rings (SSSR count). The summed E-state index contributed by atoms with van der Waals surface area (Å²) in [6.45, 7) is 5.73. The van der Waals surface area contributed by atoms with Gasteiger partial charge in [0, 0.05) is 0 Å². The molecule has 0 atom stereocenters. The molecule has 0 aromatic rings. The normalized spacial score (nSPS) is 12.4. The Morgan fingerprint density at radius 2 is 1.92 bits per heavy atom. The van der Waals surface area contributed by atoms with E-state index < -0.39 is 0 Å². The van der Waals surface area contributed by atoms with Crippen LogP contribution in [0.4, 0.5) is 0 Å². The van der Waals surface area contributed by atoms with E-state index >= 15 is 0 Å². The van der Waals surface area contributed by atoms with Gasteiger partial charge in [-0.3, -0.25) is 4.79 Å². The van der Waals surface area contributed by atoms with Gasteiger partial charge in [0.1, 0.15) is 0 Å². The van der Waals surface area contributed by atoms with Gasteiger partial charge < -0.3 is 0 Å². The molecule has 0 aliphatic heterocycles. The first-order chi connectivity index (χ1) is 6.16. The molecule has 0 aliphatic rings. The number of ketones is 1. The number of allylic oxidation sites excluding steroid dienone is 4. The molecule has 0 fully saturated rings. The van der Waals surface area contributed by atoms with Crippen molar-refractivity contribution in [3.63, 3.8) is 0 Å². The average molecular weight is 180 g/mol. The second-order valence-corrected chi connectivity index (χ2v) is 3.40. The van der Waals surface area contributed by atoms with Gasteiger partial charge in [0.25, 0.3) is 0 Å². The van der Waals surface area contributed by atoms with Gasteiger partial charge in [-0.05, 0) is 38.3 Å². The molecular weight excluding hydrogens is 160 g/mol. The van der Waals surface area contributed by atoms with E-state index in [1.807, 2.05) is 13.0 Å². The van der Waals surface area contributed by atoms with E-state index in [0.29, 0.717) is 0 Å². The summed E-state index contributed by atoms with van der Waals surface area (Å²) in [6.07, 6.45) is 10.8. The zero-order valence-corrected chi connectivity index (χ0v) is 8.97. The standard InChI is InChI=1S/C12H20O/c1-4-5-6-7-8-9-11(2)10-12(3)13/h8-10H,4-7H2,1-3H3/b9-8+,11-10-. The molecule has 0 amide bonds. The van der Waals surface area contributed by atoms with Crippen molar-refractivity contribution in [1.82, 2.24) is 0 Å². The number of carbonyl (C=O) groups excluding carboxylic acids is 1. The number of unbranched alkanes of at least 4 members (excludes halogenated alkanes) is 3. The summed E-state index contributed by atoms with van der Waals surface area (Å²) in [7, 11) is 0. The van der Waals surface area contributed by atoms with E-state index in [9.17, 15) is 4.79 Å². The molecule has 0 aromatic heterocycles. The minimum absolute atomic E-state index is 0.121. The first kappa shape index (κ1) is 12.2. The van der Waals surface area contributed by atoms with Crippen molar-refractivity contribution in [2.24, 2.45) is 0 Å². The molecular formula is C12H20O. The van der Waals surface area contributed by atoms with Crippen molar-refractivity contribution < 1.29 is 4.79 Å². The van der Waals surface area contributed by atoms with Crippen LogP contribution in [0.1, 0.15) is 46.5 Å². The third-order valence-corrected chi connectivity index (χ3v) is 1.79. The first-order valence-electron chi connectivity index (χ1n) is 5.02. The number of carbonyl (C=O) groups is 1. The Hall–Kier alpha value is -0.850. The second-order valence-electron chi connectivity index (χ2n) is 3.40. The molecule has 0 aromatic carbocycles. The summed E-state index contributed by atoms with van der Waals surface area (Å²) in [4.78, 5) is 10.7. The maximum Gasteiger partial charge on any atom is 0.152 e. The Morgan fingerprint density at radius 1 is 1.23 bits per heavy atom. The Morgan fingerprint density at radius 3 is 2.46 bits per heavy atom. The Labute approximate surface area is 81.5 Å². The Kier molecular flexibility index (Phi) is 7.27. The van der Waals surface area contributed by atoms with Crippen LogP contribution in [0.2, 0.25) is 0 Å². The van der Waals surface area contributed by atoms with Crippen LogP contribution >= 0.6 is 0 Å². The topological polar surface area (TPSA) is 17.1 Å². The summed E-state index contributed by atoms with van der Waals surface area (Å²) in [6, 6.07) is 0. The van der Waals surface area contributed by atoms with Crippen LogP contribution in [0.25, 0.3) is 0 Å². The predicted octanol–water partition coefficient (Wildman–Crippen LogP) is 3.66. The van der Waals surface area contributed by atoms with Gasteiger partial charge >= 0.3 is 0 Å². The molecule has 0 saturated heterocycles. The highest BCUT2D eigenvalue weighted by molar-refractivity contribution is 5.88. The van der Waals surface area contributed by atoms with Gasteiger partial charge in [-0.1, -0.05) is 31.9 Å². The lowest BCUT2D eigenvalue weighted by Gasteiger charge is -1.92.